The fourth-order valence-corrected chi connectivity index (χ4v) is 9.78. The number of hydrogen-bond acceptors (Lipinski definition) is 4. The van der Waals surface area contributed by atoms with Crippen molar-refractivity contribution in [2.24, 2.45) is 0 Å². The zero-order chi connectivity index (χ0) is 46.4. The number of nitriles is 1. The van der Waals surface area contributed by atoms with Crippen LogP contribution in [0.2, 0.25) is 0 Å². The van der Waals surface area contributed by atoms with Crippen LogP contribution in [-0.4, -0.2) is 15.0 Å². The van der Waals surface area contributed by atoms with Gasteiger partial charge in [0.2, 0.25) is 0 Å². The van der Waals surface area contributed by atoms with Gasteiger partial charge in [-0.05, 0) is 124 Å². The van der Waals surface area contributed by atoms with Crippen LogP contribution in [0.5, 0.6) is 0 Å². The Hall–Kier alpha value is -7.87. The van der Waals surface area contributed by atoms with E-state index in [9.17, 15) is 5.26 Å². The van der Waals surface area contributed by atoms with Crippen LogP contribution >= 0.6 is 0 Å². The standard InChI is InChI=1S/C65H47N4.Ir/c66-44-57-42-55(41-53-10-9-13-58(53)57)49-29-31-50(32-30-49)62-43-54(65-16-5-8-37-69-65)33-34-61(62)60-12-2-1-11-59(60)56-39-47(19-17-45-21-25-51(26-22-45)63-14-3-6-35-67-63)38-48(40-56)20-18-46-23-27-52(28-24-46)64-15-4-7-36-68-64;/h1-8,11-12,14-16,21-25,27,29-32,34-43H,9-10,13,17-20H2;/q-3;+3. The summed E-state index contributed by atoms with van der Waals surface area (Å²) in [5, 5.41) is 10.0. The Morgan fingerprint density at radius 2 is 0.957 bits per heavy atom. The van der Waals surface area contributed by atoms with Crippen molar-refractivity contribution in [1.82, 2.24) is 15.0 Å². The quantitative estimate of drug-likeness (QED) is 0.108. The summed E-state index contributed by atoms with van der Waals surface area (Å²) in [5.41, 5.74) is 23.1. The van der Waals surface area contributed by atoms with E-state index in [0.717, 1.165) is 118 Å². The van der Waals surface area contributed by atoms with Crippen LogP contribution in [0.4, 0.5) is 0 Å². The van der Waals surface area contributed by atoms with Gasteiger partial charge >= 0.3 is 20.1 Å². The molecule has 0 fully saturated rings. The summed E-state index contributed by atoms with van der Waals surface area (Å²) in [6.07, 6.45) is 12.2. The molecule has 4 nitrogen and oxygen atoms in total. The Kier molecular flexibility index (Phi) is 13.9. The third-order valence-electron chi connectivity index (χ3n) is 13.4. The van der Waals surface area contributed by atoms with E-state index in [0.29, 0.717) is 0 Å². The summed E-state index contributed by atoms with van der Waals surface area (Å²) in [4.78, 5) is 13.8. The molecule has 1 aliphatic carbocycles. The molecule has 3 aromatic heterocycles. The van der Waals surface area contributed by atoms with Gasteiger partial charge in [-0.2, -0.15) is 5.26 Å². The first-order valence-electron chi connectivity index (χ1n) is 23.8. The van der Waals surface area contributed by atoms with Crippen molar-refractivity contribution < 1.29 is 20.1 Å². The molecule has 0 radical (unpaired) electrons. The molecule has 0 saturated heterocycles. The maximum absolute atomic E-state index is 10.0. The molecule has 7 aromatic carbocycles. The topological polar surface area (TPSA) is 62.5 Å². The molecule has 0 saturated carbocycles. The number of aryl methyl sites for hydroxylation is 5. The molecular weight excluding hydrogens is 1030 g/mol. The van der Waals surface area contributed by atoms with Crippen molar-refractivity contribution in [2.75, 3.05) is 0 Å². The van der Waals surface area contributed by atoms with E-state index in [4.69, 9.17) is 4.98 Å². The Labute approximate surface area is 424 Å². The van der Waals surface area contributed by atoms with E-state index >= 15 is 0 Å². The third kappa shape index (κ3) is 10.1. The SMILES string of the molecule is N#Cc1cc(-c2ccc(-c3cc(-c4ccccn4)[c-]cc3-c3ccccc3-c3cc(CCc4c[c-]c(-c5ccccn5)cc4)cc(CCc4c[c-]c(-c5ccccn5)cc4)c3)cc2)cc2c1CCC2.[Ir+3]. The smallest absolute Gasteiger partial charge is 0.305 e. The summed E-state index contributed by atoms with van der Waals surface area (Å²) in [6, 6.07) is 77.5. The monoisotopic (exact) mass is 1080 g/mol. The second-order valence-electron chi connectivity index (χ2n) is 17.8. The number of fused-ring (bicyclic) bond motifs is 1. The molecule has 0 N–H and O–H groups in total. The largest absolute Gasteiger partial charge is 3.00 e. The Morgan fingerprint density at radius 3 is 1.51 bits per heavy atom. The van der Waals surface area contributed by atoms with E-state index in [1.807, 2.05) is 73.2 Å². The minimum atomic E-state index is 0. The average Bonchev–Trinajstić information content (AvgIpc) is 3.92. The maximum atomic E-state index is 10.0. The zero-order valence-corrected chi connectivity index (χ0v) is 41.0. The van der Waals surface area contributed by atoms with Crippen LogP contribution in [0.3, 0.4) is 0 Å². The average molecular weight is 1080 g/mol. The second kappa shape index (κ2) is 21.2. The Balaban J connectivity index is 0.00000567. The van der Waals surface area contributed by atoms with Crippen molar-refractivity contribution in [2.45, 2.75) is 44.9 Å². The summed E-state index contributed by atoms with van der Waals surface area (Å²) >= 11 is 0. The Bertz CT molecular complexity index is 3330. The Morgan fingerprint density at radius 1 is 0.414 bits per heavy atom. The predicted molar refractivity (Wildman–Crippen MR) is 279 cm³/mol. The molecule has 336 valence electrons. The zero-order valence-electron chi connectivity index (χ0n) is 38.6. The van der Waals surface area contributed by atoms with Crippen molar-refractivity contribution in [3.05, 3.63) is 258 Å². The fraction of sp³-hybridized carbons (Fsp3) is 0.108. The summed E-state index contributed by atoms with van der Waals surface area (Å²) < 4.78 is 0. The van der Waals surface area contributed by atoms with E-state index in [2.05, 4.69) is 162 Å². The normalized spacial score (nSPS) is 11.6. The van der Waals surface area contributed by atoms with Gasteiger partial charge in [0.1, 0.15) is 0 Å². The van der Waals surface area contributed by atoms with E-state index in [1.165, 1.54) is 44.5 Å². The van der Waals surface area contributed by atoms with E-state index < -0.39 is 0 Å². The van der Waals surface area contributed by atoms with E-state index in [1.54, 1.807) is 0 Å². The number of pyridine rings is 3. The van der Waals surface area contributed by atoms with Crippen LogP contribution in [0, 0.1) is 29.5 Å². The molecule has 1 aliphatic rings. The number of nitrogens with zero attached hydrogens (tertiary/aromatic N) is 4. The number of benzene rings is 7. The molecular formula is C65H47IrN4. The maximum Gasteiger partial charge on any atom is 3.00 e. The van der Waals surface area contributed by atoms with Crippen molar-refractivity contribution in [3.63, 3.8) is 0 Å². The van der Waals surface area contributed by atoms with Gasteiger partial charge in [-0.15, -0.1) is 94.5 Å². The molecule has 10 aromatic rings. The van der Waals surface area contributed by atoms with Gasteiger partial charge in [0.05, 0.1) is 11.6 Å². The van der Waals surface area contributed by atoms with Gasteiger partial charge < -0.3 is 15.0 Å². The van der Waals surface area contributed by atoms with Crippen LogP contribution in [0.15, 0.2) is 201 Å². The summed E-state index contributed by atoms with van der Waals surface area (Å²) in [5.74, 6) is 0. The number of rotatable bonds is 13. The third-order valence-corrected chi connectivity index (χ3v) is 13.4. The predicted octanol–water partition coefficient (Wildman–Crippen LogP) is 14.9. The van der Waals surface area contributed by atoms with Gasteiger partial charge in [0.25, 0.3) is 0 Å². The molecule has 0 bridgehead atoms. The van der Waals surface area contributed by atoms with Crippen LogP contribution in [0.1, 0.15) is 45.4 Å². The first-order valence-corrected chi connectivity index (χ1v) is 23.8. The van der Waals surface area contributed by atoms with Crippen LogP contribution < -0.4 is 0 Å². The molecule has 3 heterocycles. The van der Waals surface area contributed by atoms with Gasteiger partial charge in [-0.1, -0.05) is 139 Å². The minimum absolute atomic E-state index is 0. The van der Waals surface area contributed by atoms with E-state index in [-0.39, 0.29) is 20.1 Å². The van der Waals surface area contributed by atoms with Crippen molar-refractivity contribution in [3.8, 4) is 84.3 Å². The number of aromatic nitrogens is 3. The first-order chi connectivity index (χ1) is 34.1. The van der Waals surface area contributed by atoms with Gasteiger partial charge in [0.15, 0.2) is 0 Å². The summed E-state index contributed by atoms with van der Waals surface area (Å²) in [6.45, 7) is 0. The molecule has 0 spiro atoms. The van der Waals surface area contributed by atoms with Crippen molar-refractivity contribution in [1.29, 1.82) is 5.26 Å². The molecule has 0 atom stereocenters. The molecule has 70 heavy (non-hydrogen) atoms. The van der Waals surface area contributed by atoms with Gasteiger partial charge in [-0.3, -0.25) is 0 Å². The van der Waals surface area contributed by atoms with Crippen molar-refractivity contribution >= 4 is 0 Å². The van der Waals surface area contributed by atoms with Crippen LogP contribution in [0.25, 0.3) is 78.3 Å². The van der Waals surface area contributed by atoms with Crippen LogP contribution in [-0.2, 0) is 58.6 Å². The van der Waals surface area contributed by atoms with Gasteiger partial charge in [0, 0.05) is 18.6 Å². The molecule has 0 aliphatic heterocycles. The fourth-order valence-electron chi connectivity index (χ4n) is 9.78. The number of hydrogen-bond donors (Lipinski definition) is 0. The summed E-state index contributed by atoms with van der Waals surface area (Å²) in [7, 11) is 0. The minimum Gasteiger partial charge on any atom is -0.305 e. The second-order valence-corrected chi connectivity index (χ2v) is 17.8. The van der Waals surface area contributed by atoms with Gasteiger partial charge in [-0.25, -0.2) is 0 Å². The first kappa shape index (κ1) is 45.9. The molecule has 5 heteroatoms. The molecule has 0 unspecified atom stereocenters. The molecule has 11 rings (SSSR count). The molecule has 0 amide bonds.